The maximum Gasteiger partial charge on any atom is 0.358 e. The van der Waals surface area contributed by atoms with Crippen molar-refractivity contribution >= 4 is 5.97 Å². The van der Waals surface area contributed by atoms with Crippen molar-refractivity contribution in [1.82, 2.24) is 25.1 Å². The van der Waals surface area contributed by atoms with Crippen LogP contribution in [0.25, 0.3) is 0 Å². The maximum absolute atomic E-state index is 10.9. The van der Waals surface area contributed by atoms with Gasteiger partial charge in [0.1, 0.15) is 6.54 Å². The molecule has 2 aromatic heterocycles. The SMILES string of the molecule is NCCc1c(C(=O)O)nnn1Cc1ncno1. The molecule has 2 rings (SSSR count). The van der Waals surface area contributed by atoms with Crippen LogP contribution in [0.15, 0.2) is 10.9 Å². The zero-order valence-electron chi connectivity index (χ0n) is 8.78. The second-order valence-electron chi connectivity index (χ2n) is 3.22. The van der Waals surface area contributed by atoms with E-state index in [2.05, 4.69) is 20.5 Å². The lowest BCUT2D eigenvalue weighted by molar-refractivity contribution is 0.0689. The van der Waals surface area contributed by atoms with Crippen LogP contribution in [0, 0.1) is 0 Å². The first-order chi connectivity index (χ1) is 8.22. The van der Waals surface area contributed by atoms with Gasteiger partial charge >= 0.3 is 5.97 Å². The van der Waals surface area contributed by atoms with E-state index in [0.717, 1.165) is 0 Å². The first-order valence-electron chi connectivity index (χ1n) is 4.83. The average molecular weight is 238 g/mol. The largest absolute Gasteiger partial charge is 0.476 e. The summed E-state index contributed by atoms with van der Waals surface area (Å²) < 4.78 is 6.20. The highest BCUT2D eigenvalue weighted by Crippen LogP contribution is 2.08. The molecule has 0 saturated heterocycles. The summed E-state index contributed by atoms with van der Waals surface area (Å²) in [6.45, 7) is 0.479. The van der Waals surface area contributed by atoms with Crippen LogP contribution in [0.5, 0.6) is 0 Å². The fraction of sp³-hybridized carbons (Fsp3) is 0.375. The van der Waals surface area contributed by atoms with E-state index in [9.17, 15) is 4.79 Å². The first-order valence-corrected chi connectivity index (χ1v) is 4.83. The van der Waals surface area contributed by atoms with Crippen molar-refractivity contribution in [1.29, 1.82) is 0 Å². The van der Waals surface area contributed by atoms with Gasteiger partial charge in [-0.15, -0.1) is 5.10 Å². The molecule has 0 unspecified atom stereocenters. The van der Waals surface area contributed by atoms with Gasteiger partial charge in [0.15, 0.2) is 12.0 Å². The first kappa shape index (κ1) is 11.2. The van der Waals surface area contributed by atoms with Crippen LogP contribution in [-0.2, 0) is 13.0 Å². The van der Waals surface area contributed by atoms with Crippen LogP contribution in [0.3, 0.4) is 0 Å². The van der Waals surface area contributed by atoms with Crippen LogP contribution >= 0.6 is 0 Å². The summed E-state index contributed by atoms with van der Waals surface area (Å²) in [5.74, 6) is -0.810. The molecule has 0 aliphatic heterocycles. The van der Waals surface area contributed by atoms with Gasteiger partial charge in [-0.25, -0.2) is 9.48 Å². The van der Waals surface area contributed by atoms with Crippen LogP contribution in [0.1, 0.15) is 22.1 Å². The third-order valence-electron chi connectivity index (χ3n) is 2.11. The highest BCUT2D eigenvalue weighted by molar-refractivity contribution is 5.86. The number of nitrogens with two attached hydrogens (primary N) is 1. The molecule has 3 N–H and O–H groups in total. The van der Waals surface area contributed by atoms with Gasteiger partial charge in [0.2, 0.25) is 5.89 Å². The second kappa shape index (κ2) is 4.70. The van der Waals surface area contributed by atoms with Crippen LogP contribution in [-0.4, -0.2) is 42.8 Å². The highest BCUT2D eigenvalue weighted by atomic mass is 16.5. The number of aromatic nitrogens is 5. The van der Waals surface area contributed by atoms with Crippen LogP contribution < -0.4 is 5.73 Å². The van der Waals surface area contributed by atoms with Gasteiger partial charge in [-0.1, -0.05) is 10.4 Å². The van der Waals surface area contributed by atoms with Crippen molar-refractivity contribution in [3.05, 3.63) is 23.6 Å². The predicted molar refractivity (Wildman–Crippen MR) is 53.1 cm³/mol. The van der Waals surface area contributed by atoms with Crippen molar-refractivity contribution < 1.29 is 14.4 Å². The van der Waals surface area contributed by atoms with E-state index < -0.39 is 5.97 Å². The van der Waals surface area contributed by atoms with Crippen molar-refractivity contribution in [2.45, 2.75) is 13.0 Å². The van der Waals surface area contributed by atoms with E-state index in [-0.39, 0.29) is 12.2 Å². The van der Waals surface area contributed by atoms with Crippen LogP contribution in [0.2, 0.25) is 0 Å². The number of carboxylic acids is 1. The molecular formula is C8H10N6O3. The molecule has 0 spiro atoms. The molecule has 0 radical (unpaired) electrons. The zero-order valence-corrected chi connectivity index (χ0v) is 8.78. The molecule has 0 saturated carbocycles. The lowest BCUT2D eigenvalue weighted by atomic mass is 10.2. The van der Waals surface area contributed by atoms with Crippen molar-refractivity contribution in [2.75, 3.05) is 6.54 Å². The van der Waals surface area contributed by atoms with E-state index in [1.807, 2.05) is 0 Å². The Kier molecular flexibility index (Phi) is 3.10. The van der Waals surface area contributed by atoms with E-state index in [1.54, 1.807) is 0 Å². The zero-order chi connectivity index (χ0) is 12.3. The summed E-state index contributed by atoms with van der Waals surface area (Å²) in [6, 6.07) is 0. The average Bonchev–Trinajstić information content (AvgIpc) is 2.90. The van der Waals surface area contributed by atoms with Crippen molar-refractivity contribution in [3.63, 3.8) is 0 Å². The Balaban J connectivity index is 2.30. The summed E-state index contributed by atoms with van der Waals surface area (Å²) in [7, 11) is 0. The summed E-state index contributed by atoms with van der Waals surface area (Å²) in [5.41, 5.74) is 5.76. The molecule has 2 heterocycles. The lowest BCUT2D eigenvalue weighted by Gasteiger charge is -2.02. The molecule has 0 amide bonds. The van der Waals surface area contributed by atoms with Crippen molar-refractivity contribution in [2.24, 2.45) is 5.73 Å². The number of hydrogen-bond acceptors (Lipinski definition) is 7. The van der Waals surface area contributed by atoms with Gasteiger partial charge < -0.3 is 15.4 Å². The Morgan fingerprint density at radius 1 is 1.59 bits per heavy atom. The molecule has 9 heteroatoms. The highest BCUT2D eigenvalue weighted by Gasteiger charge is 2.19. The monoisotopic (exact) mass is 238 g/mol. The lowest BCUT2D eigenvalue weighted by Crippen LogP contribution is -2.14. The van der Waals surface area contributed by atoms with Crippen molar-refractivity contribution in [3.8, 4) is 0 Å². The molecular weight excluding hydrogens is 228 g/mol. The molecule has 0 bridgehead atoms. The molecule has 0 aliphatic rings. The number of hydrogen-bond donors (Lipinski definition) is 2. The summed E-state index contributed by atoms with van der Waals surface area (Å²) in [4.78, 5) is 14.7. The van der Waals surface area contributed by atoms with Crippen LogP contribution in [0.4, 0.5) is 0 Å². The molecule has 2 aromatic rings. The molecule has 9 nitrogen and oxygen atoms in total. The number of nitrogens with zero attached hydrogens (tertiary/aromatic N) is 5. The maximum atomic E-state index is 10.9. The molecule has 0 fully saturated rings. The van der Waals surface area contributed by atoms with E-state index >= 15 is 0 Å². The second-order valence-corrected chi connectivity index (χ2v) is 3.22. The standard InChI is InChI=1S/C8H10N6O3/c9-2-1-5-7(8(15)16)12-13-14(5)3-6-10-4-11-17-6/h4H,1-3,9H2,(H,15,16). The third kappa shape index (κ3) is 2.28. The van der Waals surface area contributed by atoms with Gasteiger partial charge in [-0.05, 0) is 6.54 Å². The Hall–Kier alpha value is -2.29. The molecule has 0 aliphatic carbocycles. The van der Waals surface area contributed by atoms with E-state index in [1.165, 1.54) is 11.0 Å². The Labute approximate surface area is 95.2 Å². The minimum Gasteiger partial charge on any atom is -0.476 e. The van der Waals surface area contributed by atoms with E-state index in [4.69, 9.17) is 15.4 Å². The summed E-state index contributed by atoms with van der Waals surface area (Å²) in [6.07, 6.45) is 1.62. The molecule has 90 valence electrons. The summed E-state index contributed by atoms with van der Waals surface area (Å²) >= 11 is 0. The minimum absolute atomic E-state index is 0.102. The van der Waals surface area contributed by atoms with Gasteiger partial charge in [-0.2, -0.15) is 4.98 Å². The Bertz CT molecular complexity index is 505. The summed E-state index contributed by atoms with van der Waals surface area (Å²) in [5, 5.41) is 19.7. The smallest absolute Gasteiger partial charge is 0.358 e. The third-order valence-corrected chi connectivity index (χ3v) is 2.11. The normalized spacial score (nSPS) is 10.6. The number of carboxylic acid groups (broad SMARTS) is 1. The quantitative estimate of drug-likeness (QED) is 0.671. The fourth-order valence-corrected chi connectivity index (χ4v) is 1.40. The molecule has 0 aromatic carbocycles. The number of aromatic carboxylic acids is 1. The molecule has 17 heavy (non-hydrogen) atoms. The predicted octanol–water partition coefficient (Wildman–Crippen LogP) is -1.09. The topological polar surface area (TPSA) is 133 Å². The van der Waals surface area contributed by atoms with Gasteiger partial charge in [0.05, 0.1) is 5.69 Å². The van der Waals surface area contributed by atoms with Gasteiger partial charge in [0.25, 0.3) is 0 Å². The minimum atomic E-state index is -1.13. The van der Waals surface area contributed by atoms with Gasteiger partial charge in [0, 0.05) is 6.42 Å². The Morgan fingerprint density at radius 3 is 3.00 bits per heavy atom. The molecule has 0 atom stereocenters. The fourth-order valence-electron chi connectivity index (χ4n) is 1.40. The van der Waals surface area contributed by atoms with E-state index in [0.29, 0.717) is 24.6 Å². The van der Waals surface area contributed by atoms with Gasteiger partial charge in [-0.3, -0.25) is 0 Å². The number of rotatable bonds is 5. The number of carbonyl (C=O) groups is 1. The Morgan fingerprint density at radius 2 is 2.41 bits per heavy atom.